The Labute approximate surface area is 213 Å². The van der Waals surface area contributed by atoms with Gasteiger partial charge in [0.15, 0.2) is 0 Å². The molecule has 0 bridgehead atoms. The zero-order valence-corrected chi connectivity index (χ0v) is 21.9. The lowest BCUT2D eigenvalue weighted by Crippen LogP contribution is -2.42. The molecule has 0 saturated carbocycles. The van der Waals surface area contributed by atoms with Gasteiger partial charge < -0.3 is 9.88 Å². The Morgan fingerprint density at radius 2 is 1.81 bits per heavy atom. The normalized spacial score (nSPS) is 15.3. The molecule has 8 nitrogen and oxygen atoms in total. The van der Waals surface area contributed by atoms with E-state index in [4.69, 9.17) is 11.6 Å². The number of aryl methyl sites for hydroxylation is 1. The number of rotatable bonds is 5. The van der Waals surface area contributed by atoms with Gasteiger partial charge in [-0.05, 0) is 37.5 Å². The zero-order chi connectivity index (χ0) is 26.7. The first-order valence-corrected chi connectivity index (χ1v) is 13.6. The first-order valence-electron chi connectivity index (χ1n) is 11.4. The maximum absolute atomic E-state index is 13.7. The summed E-state index contributed by atoms with van der Waals surface area (Å²) in [4.78, 5) is 12.1. The van der Waals surface area contributed by atoms with E-state index in [1.807, 2.05) is 26.8 Å². The van der Waals surface area contributed by atoms with Crippen molar-refractivity contribution < 1.29 is 21.6 Å². The summed E-state index contributed by atoms with van der Waals surface area (Å²) < 4.78 is 67.4. The van der Waals surface area contributed by atoms with Gasteiger partial charge >= 0.3 is 6.18 Å². The molecule has 196 valence electrons. The number of imidazole rings is 1. The smallest absolute Gasteiger partial charge is 0.351 e. The van der Waals surface area contributed by atoms with Crippen LogP contribution in [0, 0.1) is 6.92 Å². The third-order valence-electron chi connectivity index (χ3n) is 5.56. The van der Waals surface area contributed by atoms with E-state index in [1.54, 1.807) is 12.1 Å². The number of piperidine rings is 1. The third-order valence-corrected chi connectivity index (χ3v) is 7.16. The van der Waals surface area contributed by atoms with Crippen LogP contribution in [0.5, 0.6) is 0 Å². The number of sulfonamides is 1. The fourth-order valence-corrected chi connectivity index (χ4v) is 4.97. The molecule has 2 aromatic heterocycles. The molecule has 1 saturated heterocycles. The second-order valence-electron chi connectivity index (χ2n) is 8.16. The number of benzene rings is 1. The van der Waals surface area contributed by atoms with Crippen LogP contribution in [0.15, 0.2) is 36.9 Å². The molecule has 1 N–H and O–H groups in total. The molecular formula is C23H28ClF3N6O2S. The lowest BCUT2D eigenvalue weighted by Gasteiger charge is -2.30. The van der Waals surface area contributed by atoms with Crippen LogP contribution < -0.4 is 5.32 Å². The molecule has 0 aliphatic carbocycles. The summed E-state index contributed by atoms with van der Waals surface area (Å²) in [7, 11) is -3.28. The van der Waals surface area contributed by atoms with Crippen LogP contribution in [-0.4, -0.2) is 57.6 Å². The van der Waals surface area contributed by atoms with E-state index in [0.717, 1.165) is 18.0 Å². The molecule has 3 aromatic rings. The van der Waals surface area contributed by atoms with Crippen molar-refractivity contribution in [2.75, 3.05) is 24.7 Å². The monoisotopic (exact) mass is 544 g/mol. The van der Waals surface area contributed by atoms with Crippen LogP contribution in [-0.2, 0) is 16.2 Å². The van der Waals surface area contributed by atoms with E-state index in [-0.39, 0.29) is 23.4 Å². The molecule has 0 radical (unpaired) electrons. The molecule has 3 heterocycles. The van der Waals surface area contributed by atoms with Crippen molar-refractivity contribution in [3.05, 3.63) is 53.1 Å². The van der Waals surface area contributed by atoms with Gasteiger partial charge in [-0.25, -0.2) is 27.7 Å². The molecular weight excluding hydrogens is 517 g/mol. The Hall–Kier alpha value is -2.70. The first kappa shape index (κ1) is 27.9. The molecule has 1 aliphatic heterocycles. The highest BCUT2D eigenvalue weighted by Crippen LogP contribution is 2.36. The summed E-state index contributed by atoms with van der Waals surface area (Å²) in [6.45, 7) is 6.50. The number of halogens is 4. The minimum Gasteiger partial charge on any atom is -0.351 e. The number of aromatic nitrogens is 4. The minimum absolute atomic E-state index is 0.0151. The summed E-state index contributed by atoms with van der Waals surface area (Å²) >= 11 is 6.29. The summed E-state index contributed by atoms with van der Waals surface area (Å²) in [5, 5.41) is 3.46. The summed E-state index contributed by atoms with van der Waals surface area (Å²) in [5.41, 5.74) is 0.166. The van der Waals surface area contributed by atoms with E-state index < -0.39 is 21.8 Å². The molecule has 0 unspecified atom stereocenters. The highest BCUT2D eigenvalue weighted by atomic mass is 35.5. The van der Waals surface area contributed by atoms with Crippen LogP contribution in [0.25, 0.3) is 17.1 Å². The predicted molar refractivity (Wildman–Crippen MR) is 134 cm³/mol. The molecule has 0 amide bonds. The van der Waals surface area contributed by atoms with E-state index in [1.165, 1.54) is 21.4 Å². The van der Waals surface area contributed by atoms with Gasteiger partial charge in [-0.15, -0.1) is 0 Å². The number of nitrogens with zero attached hydrogens (tertiary/aromatic N) is 5. The fraction of sp³-hybridized carbons (Fsp3) is 0.435. The van der Waals surface area contributed by atoms with E-state index in [9.17, 15) is 21.6 Å². The Bertz CT molecular complexity index is 1310. The van der Waals surface area contributed by atoms with E-state index in [2.05, 4.69) is 20.3 Å². The molecule has 1 aromatic carbocycles. The van der Waals surface area contributed by atoms with E-state index >= 15 is 0 Å². The Morgan fingerprint density at radius 1 is 1.14 bits per heavy atom. The Kier molecular flexibility index (Phi) is 8.63. The lowest BCUT2D eigenvalue weighted by atomic mass is 10.1. The van der Waals surface area contributed by atoms with Gasteiger partial charge in [-0.3, -0.25) is 0 Å². The maximum atomic E-state index is 13.7. The molecule has 1 fully saturated rings. The van der Waals surface area contributed by atoms with Crippen molar-refractivity contribution in [2.45, 2.75) is 45.8 Å². The van der Waals surface area contributed by atoms with Gasteiger partial charge in [0.2, 0.25) is 16.0 Å². The van der Waals surface area contributed by atoms with Gasteiger partial charge in [0.1, 0.15) is 23.3 Å². The number of hydrogen-bond donors (Lipinski definition) is 1. The largest absolute Gasteiger partial charge is 0.420 e. The molecule has 0 spiro atoms. The van der Waals surface area contributed by atoms with Crippen LogP contribution in [0.4, 0.5) is 19.1 Å². The van der Waals surface area contributed by atoms with Gasteiger partial charge in [0, 0.05) is 31.5 Å². The predicted octanol–water partition coefficient (Wildman–Crippen LogP) is 5.17. The number of anilines is 1. The standard InChI is InChI=1S/C21H22ClF3N6O2S.C2H6/c1-13-3-4-18(16(22)9-13)30-11-17(27-12-30)19-15(21(23,24)25)10-26-20(29-19)28-14-5-7-31(8-6-14)34(2,32)33;1-2/h3-4,9-12,14H,5-8H2,1-2H3,(H,26,28,29);1-2H3. The van der Waals surface area contributed by atoms with Crippen LogP contribution in [0.1, 0.15) is 37.8 Å². The highest BCUT2D eigenvalue weighted by Gasteiger charge is 2.36. The topological polar surface area (TPSA) is 93.0 Å². The average Bonchev–Trinajstić information content (AvgIpc) is 3.29. The first-order chi connectivity index (χ1) is 16.9. The summed E-state index contributed by atoms with van der Waals surface area (Å²) in [5.74, 6) is 0.0173. The van der Waals surface area contributed by atoms with Crippen molar-refractivity contribution >= 4 is 27.6 Å². The number of nitrogens with one attached hydrogen (secondary N) is 1. The van der Waals surface area contributed by atoms with Crippen molar-refractivity contribution in [2.24, 2.45) is 0 Å². The van der Waals surface area contributed by atoms with Crippen molar-refractivity contribution in [1.29, 1.82) is 0 Å². The highest BCUT2D eigenvalue weighted by molar-refractivity contribution is 7.88. The van der Waals surface area contributed by atoms with Crippen LogP contribution >= 0.6 is 11.6 Å². The van der Waals surface area contributed by atoms with Gasteiger partial charge in [0.05, 0.1) is 17.0 Å². The number of hydrogen-bond acceptors (Lipinski definition) is 6. The second kappa shape index (κ2) is 11.1. The molecule has 36 heavy (non-hydrogen) atoms. The Morgan fingerprint density at radius 3 is 2.39 bits per heavy atom. The zero-order valence-electron chi connectivity index (χ0n) is 20.3. The Balaban J connectivity index is 0.00000176. The SMILES string of the molecule is CC.Cc1ccc(-n2cnc(-c3nc(NC4CCN(S(C)(=O)=O)CC4)ncc3C(F)(F)F)c2)c(Cl)c1. The van der Waals surface area contributed by atoms with Crippen LogP contribution in [0.2, 0.25) is 5.02 Å². The third kappa shape index (κ3) is 6.54. The van der Waals surface area contributed by atoms with Gasteiger partial charge in [-0.1, -0.05) is 31.5 Å². The van der Waals surface area contributed by atoms with Gasteiger partial charge in [0.25, 0.3) is 0 Å². The van der Waals surface area contributed by atoms with Crippen LogP contribution in [0.3, 0.4) is 0 Å². The fourth-order valence-electron chi connectivity index (χ4n) is 3.77. The number of alkyl halides is 3. The van der Waals surface area contributed by atoms with Crippen molar-refractivity contribution in [1.82, 2.24) is 23.8 Å². The molecule has 13 heteroatoms. The molecule has 0 atom stereocenters. The van der Waals surface area contributed by atoms with E-state index in [0.29, 0.717) is 36.6 Å². The van der Waals surface area contributed by atoms with Crippen molar-refractivity contribution in [3.63, 3.8) is 0 Å². The lowest BCUT2D eigenvalue weighted by molar-refractivity contribution is -0.137. The van der Waals surface area contributed by atoms with Crippen molar-refractivity contribution in [3.8, 4) is 17.1 Å². The summed E-state index contributed by atoms with van der Waals surface area (Å²) in [6, 6.07) is 5.17. The minimum atomic E-state index is -4.68. The van der Waals surface area contributed by atoms with Gasteiger partial charge in [-0.2, -0.15) is 13.2 Å². The average molecular weight is 545 g/mol. The molecule has 4 rings (SSSR count). The quantitative estimate of drug-likeness (QED) is 0.476. The molecule has 1 aliphatic rings. The summed E-state index contributed by atoms with van der Waals surface area (Å²) in [6.07, 6.45) is 0.967. The maximum Gasteiger partial charge on any atom is 0.420 e. The second-order valence-corrected chi connectivity index (χ2v) is 10.5.